The zero-order valence-corrected chi connectivity index (χ0v) is 36.7. The largest absolute Gasteiger partial charge is 0.462 e. The van der Waals surface area contributed by atoms with Crippen LogP contribution in [0.4, 0.5) is 0 Å². The molecule has 0 aliphatic carbocycles. The van der Waals surface area contributed by atoms with Crippen molar-refractivity contribution in [1.29, 1.82) is 0 Å². The summed E-state index contributed by atoms with van der Waals surface area (Å²) in [4.78, 5) is 37.5. The number of hydrogen-bond donors (Lipinski definition) is 0. The van der Waals surface area contributed by atoms with Crippen molar-refractivity contribution < 1.29 is 28.6 Å². The summed E-state index contributed by atoms with van der Waals surface area (Å²) in [5.74, 6) is -0.0129. The molecule has 0 fully saturated rings. The molecule has 0 aromatic rings. The topological polar surface area (TPSA) is 78.9 Å². The molecule has 54 heavy (non-hydrogen) atoms. The molecule has 0 amide bonds. The Kier molecular flexibility index (Phi) is 41.3. The molecule has 0 spiro atoms. The van der Waals surface area contributed by atoms with Crippen molar-refractivity contribution in [1.82, 2.24) is 0 Å². The first-order valence-corrected chi connectivity index (χ1v) is 23.9. The second-order valence-corrected chi connectivity index (χ2v) is 16.9. The maximum Gasteiger partial charge on any atom is 0.306 e. The van der Waals surface area contributed by atoms with Gasteiger partial charge in [-0.05, 0) is 25.2 Å². The lowest BCUT2D eigenvalue weighted by Crippen LogP contribution is -2.30. The van der Waals surface area contributed by atoms with Crippen LogP contribution in [0.3, 0.4) is 0 Å². The van der Waals surface area contributed by atoms with E-state index in [9.17, 15) is 14.4 Å². The van der Waals surface area contributed by atoms with Gasteiger partial charge < -0.3 is 14.2 Å². The summed E-state index contributed by atoms with van der Waals surface area (Å²) in [6.07, 6.45) is 42.6. The van der Waals surface area contributed by atoms with Crippen LogP contribution in [0.25, 0.3) is 0 Å². The van der Waals surface area contributed by atoms with Gasteiger partial charge in [0.1, 0.15) is 13.2 Å². The zero-order chi connectivity index (χ0) is 39.6. The van der Waals surface area contributed by atoms with Gasteiger partial charge in [-0.25, -0.2) is 0 Å². The van der Waals surface area contributed by atoms with E-state index in [1.807, 2.05) is 0 Å². The van der Waals surface area contributed by atoms with Crippen LogP contribution < -0.4 is 0 Å². The predicted octanol–water partition coefficient (Wildman–Crippen LogP) is 15.1. The second-order valence-electron chi connectivity index (χ2n) is 16.9. The molecule has 0 rings (SSSR count). The third-order valence-electron chi connectivity index (χ3n) is 10.8. The standard InChI is InChI=1S/C48H92O6/c1-5-7-9-11-12-13-14-22-25-28-32-36-40-47(50)53-43-45(42-52-46(49)39-35-30-10-8-6-2)54-48(51)41-37-33-29-26-23-20-18-16-15-17-19-21-24-27-31-34-38-44(3)4/h44-45H,5-43H2,1-4H3/t45-/m1/s1. The third-order valence-corrected chi connectivity index (χ3v) is 10.8. The Labute approximate surface area is 336 Å². The highest BCUT2D eigenvalue weighted by molar-refractivity contribution is 5.71. The number of hydrogen-bond acceptors (Lipinski definition) is 6. The minimum absolute atomic E-state index is 0.0643. The Morgan fingerprint density at radius 2 is 0.611 bits per heavy atom. The number of esters is 3. The summed E-state index contributed by atoms with van der Waals surface area (Å²) in [7, 11) is 0. The third kappa shape index (κ3) is 41.6. The summed E-state index contributed by atoms with van der Waals surface area (Å²) in [5, 5.41) is 0. The Morgan fingerprint density at radius 3 is 0.907 bits per heavy atom. The number of ether oxygens (including phenoxy) is 3. The Morgan fingerprint density at radius 1 is 0.352 bits per heavy atom. The van der Waals surface area contributed by atoms with Crippen LogP contribution in [0.5, 0.6) is 0 Å². The summed E-state index contributed by atoms with van der Waals surface area (Å²) >= 11 is 0. The maximum atomic E-state index is 12.7. The Bertz CT molecular complexity index is 811. The summed E-state index contributed by atoms with van der Waals surface area (Å²) in [6, 6.07) is 0. The molecule has 6 heteroatoms. The summed E-state index contributed by atoms with van der Waals surface area (Å²) < 4.78 is 16.6. The van der Waals surface area contributed by atoms with Crippen LogP contribution in [-0.4, -0.2) is 37.2 Å². The summed E-state index contributed by atoms with van der Waals surface area (Å²) in [6.45, 7) is 8.94. The van der Waals surface area contributed by atoms with Crippen molar-refractivity contribution in [2.75, 3.05) is 13.2 Å². The van der Waals surface area contributed by atoms with Crippen molar-refractivity contribution in [3.05, 3.63) is 0 Å². The first-order chi connectivity index (χ1) is 26.4. The Balaban J connectivity index is 4.12. The van der Waals surface area contributed by atoms with Crippen molar-refractivity contribution in [2.45, 2.75) is 271 Å². The van der Waals surface area contributed by atoms with E-state index in [4.69, 9.17) is 14.2 Å². The van der Waals surface area contributed by atoms with Crippen LogP contribution in [-0.2, 0) is 28.6 Å². The molecular weight excluding hydrogens is 673 g/mol. The fraction of sp³-hybridized carbons (Fsp3) is 0.938. The fourth-order valence-corrected chi connectivity index (χ4v) is 7.16. The quantitative estimate of drug-likeness (QED) is 0.0349. The first-order valence-electron chi connectivity index (χ1n) is 23.9. The van der Waals surface area contributed by atoms with E-state index in [0.29, 0.717) is 19.3 Å². The van der Waals surface area contributed by atoms with E-state index in [1.54, 1.807) is 0 Å². The average molecular weight is 765 g/mol. The fourth-order valence-electron chi connectivity index (χ4n) is 7.16. The molecular formula is C48H92O6. The molecule has 0 saturated heterocycles. The predicted molar refractivity (Wildman–Crippen MR) is 229 cm³/mol. The molecule has 0 aliphatic heterocycles. The van der Waals surface area contributed by atoms with E-state index in [2.05, 4.69) is 27.7 Å². The van der Waals surface area contributed by atoms with Crippen molar-refractivity contribution >= 4 is 17.9 Å². The highest BCUT2D eigenvalue weighted by Crippen LogP contribution is 2.17. The normalized spacial score (nSPS) is 11.9. The van der Waals surface area contributed by atoms with Crippen LogP contribution >= 0.6 is 0 Å². The Hall–Kier alpha value is -1.59. The molecule has 0 N–H and O–H groups in total. The lowest BCUT2D eigenvalue weighted by molar-refractivity contribution is -0.167. The highest BCUT2D eigenvalue weighted by Gasteiger charge is 2.19. The second kappa shape index (κ2) is 42.6. The molecule has 0 heterocycles. The maximum absolute atomic E-state index is 12.7. The SMILES string of the molecule is CCCCCCCCCCCCCCC(=O)OC[C@@H](COC(=O)CCCCCCC)OC(=O)CCCCCCCCCCCCCCCCCCC(C)C. The monoisotopic (exact) mass is 765 g/mol. The van der Waals surface area contributed by atoms with Gasteiger partial charge in [0.2, 0.25) is 0 Å². The van der Waals surface area contributed by atoms with Crippen LogP contribution in [0.1, 0.15) is 265 Å². The van der Waals surface area contributed by atoms with Crippen LogP contribution in [0.15, 0.2) is 0 Å². The smallest absolute Gasteiger partial charge is 0.306 e. The average Bonchev–Trinajstić information content (AvgIpc) is 3.15. The van der Waals surface area contributed by atoms with Gasteiger partial charge in [0.15, 0.2) is 6.10 Å². The lowest BCUT2D eigenvalue weighted by Gasteiger charge is -2.18. The highest BCUT2D eigenvalue weighted by atomic mass is 16.6. The molecule has 0 unspecified atom stereocenters. The van der Waals surface area contributed by atoms with E-state index < -0.39 is 6.10 Å². The number of unbranched alkanes of at least 4 members (excludes halogenated alkanes) is 30. The van der Waals surface area contributed by atoms with Gasteiger partial charge in [-0.3, -0.25) is 14.4 Å². The summed E-state index contributed by atoms with van der Waals surface area (Å²) in [5.41, 5.74) is 0. The first kappa shape index (κ1) is 52.4. The van der Waals surface area contributed by atoms with Gasteiger partial charge in [0, 0.05) is 19.3 Å². The van der Waals surface area contributed by atoms with Crippen molar-refractivity contribution in [3.63, 3.8) is 0 Å². The van der Waals surface area contributed by atoms with Gasteiger partial charge in [-0.15, -0.1) is 0 Å². The van der Waals surface area contributed by atoms with Gasteiger partial charge >= 0.3 is 17.9 Å². The molecule has 0 aromatic carbocycles. The molecule has 1 atom stereocenters. The van der Waals surface area contributed by atoms with Gasteiger partial charge in [0.05, 0.1) is 0 Å². The van der Waals surface area contributed by atoms with Gasteiger partial charge in [-0.2, -0.15) is 0 Å². The molecule has 0 bridgehead atoms. The number of carbonyl (C=O) groups excluding carboxylic acids is 3. The van der Waals surface area contributed by atoms with E-state index in [1.165, 1.54) is 154 Å². The van der Waals surface area contributed by atoms with E-state index >= 15 is 0 Å². The molecule has 0 aliphatic rings. The zero-order valence-electron chi connectivity index (χ0n) is 36.7. The number of rotatable bonds is 43. The van der Waals surface area contributed by atoms with E-state index in [0.717, 1.165) is 70.1 Å². The lowest BCUT2D eigenvalue weighted by atomic mass is 10.0. The van der Waals surface area contributed by atoms with E-state index in [-0.39, 0.29) is 31.1 Å². The van der Waals surface area contributed by atoms with Gasteiger partial charge in [-0.1, -0.05) is 227 Å². The molecule has 0 radical (unpaired) electrons. The number of carbonyl (C=O) groups is 3. The molecule has 6 nitrogen and oxygen atoms in total. The van der Waals surface area contributed by atoms with Gasteiger partial charge in [0.25, 0.3) is 0 Å². The van der Waals surface area contributed by atoms with Crippen molar-refractivity contribution in [3.8, 4) is 0 Å². The molecule has 320 valence electrons. The van der Waals surface area contributed by atoms with Crippen LogP contribution in [0.2, 0.25) is 0 Å². The van der Waals surface area contributed by atoms with Crippen molar-refractivity contribution in [2.24, 2.45) is 5.92 Å². The molecule has 0 aromatic heterocycles. The minimum Gasteiger partial charge on any atom is -0.462 e. The van der Waals surface area contributed by atoms with Crippen LogP contribution in [0, 0.1) is 5.92 Å². The molecule has 0 saturated carbocycles. The minimum atomic E-state index is -0.757.